The summed E-state index contributed by atoms with van der Waals surface area (Å²) in [6.45, 7) is 0.237. The molecule has 2 N–H and O–H groups in total. The van der Waals surface area contributed by atoms with Gasteiger partial charge in [-0.2, -0.15) is 5.48 Å². The molecule has 6 nitrogen and oxygen atoms in total. The third kappa shape index (κ3) is 2.46. The molecule has 0 spiro atoms. The van der Waals surface area contributed by atoms with E-state index in [0.29, 0.717) is 5.69 Å². The molecule has 0 saturated heterocycles. The van der Waals surface area contributed by atoms with Crippen LogP contribution >= 0.6 is 0 Å². The quantitative estimate of drug-likeness (QED) is 0.630. The van der Waals surface area contributed by atoms with Gasteiger partial charge in [-0.1, -0.05) is 0 Å². The highest BCUT2D eigenvalue weighted by molar-refractivity contribution is 5.88. The molecule has 0 aliphatic rings. The highest BCUT2D eigenvalue weighted by Gasteiger charge is 2.10. The second-order valence-electron chi connectivity index (χ2n) is 2.21. The van der Waals surface area contributed by atoms with E-state index in [2.05, 4.69) is 20.3 Å². The molecular formula is C7H9N3O3. The fourth-order valence-electron chi connectivity index (χ4n) is 0.815. The van der Waals surface area contributed by atoms with Gasteiger partial charge < -0.3 is 9.94 Å². The van der Waals surface area contributed by atoms with Crippen LogP contribution in [-0.4, -0.2) is 28.2 Å². The van der Waals surface area contributed by atoms with Gasteiger partial charge in [0.25, 0.3) is 0 Å². The van der Waals surface area contributed by atoms with Gasteiger partial charge in [-0.25, -0.2) is 14.8 Å². The summed E-state index contributed by atoms with van der Waals surface area (Å²) in [5, 5.41) is 8.72. The highest BCUT2D eigenvalue weighted by atomic mass is 16.6. The van der Waals surface area contributed by atoms with Crippen molar-refractivity contribution in [2.24, 2.45) is 0 Å². The van der Waals surface area contributed by atoms with E-state index in [0.717, 1.165) is 0 Å². The van der Waals surface area contributed by atoms with Gasteiger partial charge in [0.15, 0.2) is 0 Å². The topological polar surface area (TPSA) is 84.3 Å². The predicted octanol–water partition coefficient (Wildman–Crippen LogP) is -0.174. The fraction of sp³-hybridized carbons (Fsp3) is 0.286. The largest absolute Gasteiger partial charge is 0.478 e. The van der Waals surface area contributed by atoms with Crippen LogP contribution in [0.5, 0.6) is 0 Å². The summed E-state index contributed by atoms with van der Waals surface area (Å²) in [5.41, 5.74) is 2.98. The molecule has 0 amide bonds. The van der Waals surface area contributed by atoms with Crippen LogP contribution in [0.1, 0.15) is 16.1 Å². The SMILES string of the molecule is CONCc1ncncc1C(=O)O. The lowest BCUT2D eigenvalue weighted by atomic mass is 10.2. The lowest BCUT2D eigenvalue weighted by Crippen LogP contribution is -2.16. The highest BCUT2D eigenvalue weighted by Crippen LogP contribution is 2.02. The Hall–Kier alpha value is -1.53. The maximum Gasteiger partial charge on any atom is 0.339 e. The van der Waals surface area contributed by atoms with E-state index >= 15 is 0 Å². The molecule has 0 aliphatic heterocycles. The standard InChI is InChI=1S/C7H9N3O3/c1-13-10-3-6-5(7(11)12)2-8-4-9-6/h2,4,10H,3H2,1H3,(H,11,12). The minimum atomic E-state index is -1.05. The van der Waals surface area contributed by atoms with Crippen molar-refractivity contribution < 1.29 is 14.7 Å². The van der Waals surface area contributed by atoms with Crippen LogP contribution in [0.2, 0.25) is 0 Å². The first-order chi connectivity index (χ1) is 6.25. The monoisotopic (exact) mass is 183 g/mol. The molecule has 1 aromatic heterocycles. The Labute approximate surface area is 74.5 Å². The number of carboxylic acids is 1. The van der Waals surface area contributed by atoms with Crippen LogP contribution in [0.15, 0.2) is 12.5 Å². The van der Waals surface area contributed by atoms with Gasteiger partial charge in [0.1, 0.15) is 11.9 Å². The van der Waals surface area contributed by atoms with E-state index in [4.69, 9.17) is 5.11 Å². The Bertz CT molecular complexity index is 303. The van der Waals surface area contributed by atoms with E-state index in [1.165, 1.54) is 19.6 Å². The normalized spacial score (nSPS) is 9.92. The summed E-state index contributed by atoms with van der Waals surface area (Å²) < 4.78 is 0. The molecule has 0 bridgehead atoms. The second kappa shape index (κ2) is 4.48. The molecule has 1 heterocycles. The molecule has 70 valence electrons. The van der Waals surface area contributed by atoms with Crippen molar-refractivity contribution in [3.8, 4) is 0 Å². The number of hydrogen-bond donors (Lipinski definition) is 2. The number of nitrogens with one attached hydrogen (secondary N) is 1. The number of carboxylic acid groups (broad SMARTS) is 1. The van der Waals surface area contributed by atoms with Crippen LogP contribution in [-0.2, 0) is 11.4 Å². The second-order valence-corrected chi connectivity index (χ2v) is 2.21. The molecule has 1 rings (SSSR count). The number of aromatic carboxylic acids is 1. The Morgan fingerprint density at radius 2 is 2.54 bits per heavy atom. The Morgan fingerprint density at radius 1 is 1.77 bits per heavy atom. The van der Waals surface area contributed by atoms with Gasteiger partial charge in [-0.3, -0.25) is 0 Å². The number of rotatable bonds is 4. The van der Waals surface area contributed by atoms with E-state index < -0.39 is 5.97 Å². The first kappa shape index (κ1) is 9.56. The average Bonchev–Trinajstić information content (AvgIpc) is 2.15. The first-order valence-electron chi connectivity index (χ1n) is 3.53. The van der Waals surface area contributed by atoms with Gasteiger partial charge in [-0.15, -0.1) is 0 Å². The summed E-state index contributed by atoms with van der Waals surface area (Å²) in [5.74, 6) is -1.05. The van der Waals surface area contributed by atoms with Crippen molar-refractivity contribution in [1.29, 1.82) is 0 Å². The molecule has 0 aliphatic carbocycles. The molecular weight excluding hydrogens is 174 g/mol. The van der Waals surface area contributed by atoms with Gasteiger partial charge in [-0.05, 0) is 0 Å². The van der Waals surface area contributed by atoms with Crippen LogP contribution < -0.4 is 5.48 Å². The van der Waals surface area contributed by atoms with Crippen LogP contribution in [0.3, 0.4) is 0 Å². The molecule has 0 atom stereocenters. The van der Waals surface area contributed by atoms with Crippen molar-refractivity contribution >= 4 is 5.97 Å². The molecule has 13 heavy (non-hydrogen) atoms. The maximum absolute atomic E-state index is 10.6. The minimum absolute atomic E-state index is 0.0760. The van der Waals surface area contributed by atoms with E-state index in [-0.39, 0.29) is 12.1 Å². The van der Waals surface area contributed by atoms with Crippen molar-refractivity contribution in [2.75, 3.05) is 7.11 Å². The summed E-state index contributed by atoms with van der Waals surface area (Å²) in [7, 11) is 1.45. The molecule has 6 heteroatoms. The van der Waals surface area contributed by atoms with Crippen molar-refractivity contribution in [1.82, 2.24) is 15.4 Å². The first-order valence-corrected chi connectivity index (χ1v) is 3.53. The summed E-state index contributed by atoms with van der Waals surface area (Å²) >= 11 is 0. The zero-order valence-electron chi connectivity index (χ0n) is 7.02. The molecule has 0 saturated carbocycles. The van der Waals surface area contributed by atoms with Gasteiger partial charge in [0.05, 0.1) is 19.3 Å². The Balaban J connectivity index is 2.84. The van der Waals surface area contributed by atoms with Gasteiger partial charge >= 0.3 is 5.97 Å². The lowest BCUT2D eigenvalue weighted by molar-refractivity contribution is 0.0685. The van der Waals surface area contributed by atoms with Crippen molar-refractivity contribution in [2.45, 2.75) is 6.54 Å². The summed E-state index contributed by atoms with van der Waals surface area (Å²) in [6.07, 6.45) is 2.54. The van der Waals surface area contributed by atoms with Crippen LogP contribution in [0.25, 0.3) is 0 Å². The molecule has 0 unspecified atom stereocenters. The Morgan fingerprint density at radius 3 is 3.15 bits per heavy atom. The smallest absolute Gasteiger partial charge is 0.339 e. The summed E-state index contributed by atoms with van der Waals surface area (Å²) in [6, 6.07) is 0. The summed E-state index contributed by atoms with van der Waals surface area (Å²) in [4.78, 5) is 22.6. The van der Waals surface area contributed by atoms with E-state index in [9.17, 15) is 4.79 Å². The lowest BCUT2D eigenvalue weighted by Gasteiger charge is -2.03. The molecule has 1 aromatic rings. The fourth-order valence-corrected chi connectivity index (χ4v) is 0.815. The van der Waals surface area contributed by atoms with E-state index in [1.54, 1.807) is 0 Å². The number of hydrogen-bond acceptors (Lipinski definition) is 5. The number of aromatic nitrogens is 2. The zero-order valence-corrected chi connectivity index (χ0v) is 7.02. The maximum atomic E-state index is 10.6. The third-order valence-corrected chi connectivity index (χ3v) is 1.41. The zero-order chi connectivity index (χ0) is 9.68. The van der Waals surface area contributed by atoms with Crippen molar-refractivity contribution in [3.05, 3.63) is 23.8 Å². The Kier molecular flexibility index (Phi) is 3.30. The van der Waals surface area contributed by atoms with E-state index in [1.807, 2.05) is 0 Å². The molecule has 0 fully saturated rings. The van der Waals surface area contributed by atoms with Crippen molar-refractivity contribution in [3.63, 3.8) is 0 Å². The third-order valence-electron chi connectivity index (χ3n) is 1.41. The predicted molar refractivity (Wildman–Crippen MR) is 42.8 cm³/mol. The number of hydroxylamine groups is 1. The molecule has 0 radical (unpaired) electrons. The van der Waals surface area contributed by atoms with Crippen LogP contribution in [0.4, 0.5) is 0 Å². The average molecular weight is 183 g/mol. The van der Waals surface area contributed by atoms with Gasteiger partial charge in [0.2, 0.25) is 0 Å². The number of carbonyl (C=O) groups is 1. The van der Waals surface area contributed by atoms with Gasteiger partial charge in [0, 0.05) is 6.20 Å². The minimum Gasteiger partial charge on any atom is -0.478 e. The molecule has 0 aromatic carbocycles. The van der Waals surface area contributed by atoms with Crippen LogP contribution in [0, 0.1) is 0 Å². The number of nitrogens with zero attached hydrogens (tertiary/aromatic N) is 2.